The zero-order valence-electron chi connectivity index (χ0n) is 15.5. The van der Waals surface area contributed by atoms with Crippen LogP contribution in [0.4, 0.5) is 5.69 Å². The topological polar surface area (TPSA) is 75.3 Å². The number of carbonyl (C=O) groups excluding carboxylic acids is 1. The number of rotatable bonds is 8. The number of carbonyl (C=O) groups is 1. The zero-order valence-corrected chi connectivity index (χ0v) is 16.3. The van der Waals surface area contributed by atoms with Gasteiger partial charge in [-0.1, -0.05) is 38.0 Å². The van der Waals surface area contributed by atoms with Crippen LogP contribution in [0, 0.1) is 13.8 Å². The lowest BCUT2D eigenvalue weighted by Gasteiger charge is -2.12. The number of anilines is 1. The van der Waals surface area contributed by atoms with Crippen molar-refractivity contribution in [2.75, 3.05) is 11.3 Å². The summed E-state index contributed by atoms with van der Waals surface area (Å²) in [5, 5.41) is 2.83. The Labute approximate surface area is 155 Å². The first-order valence-corrected chi connectivity index (χ1v) is 10.3. The highest BCUT2D eigenvalue weighted by atomic mass is 32.2. The van der Waals surface area contributed by atoms with Crippen LogP contribution in [-0.4, -0.2) is 20.9 Å². The summed E-state index contributed by atoms with van der Waals surface area (Å²) < 4.78 is 28.1. The summed E-state index contributed by atoms with van der Waals surface area (Å²) in [6, 6.07) is 11.9. The molecule has 0 saturated heterocycles. The van der Waals surface area contributed by atoms with Crippen molar-refractivity contribution in [3.05, 3.63) is 59.2 Å². The highest BCUT2D eigenvalue weighted by molar-refractivity contribution is 7.92. The summed E-state index contributed by atoms with van der Waals surface area (Å²) in [4.78, 5) is 12.4. The molecule has 0 radical (unpaired) electrons. The minimum Gasteiger partial charge on any atom is -0.352 e. The highest BCUT2D eigenvalue weighted by Gasteiger charge is 2.19. The fraction of sp³-hybridized carbons (Fsp3) is 0.350. The van der Waals surface area contributed by atoms with Crippen molar-refractivity contribution in [2.45, 2.75) is 44.9 Å². The van der Waals surface area contributed by atoms with E-state index in [1.54, 1.807) is 37.3 Å². The standard InChI is InChI=1S/C20H26N2O3S/c1-4-5-6-12-21-20(23)17-11-10-16(3)19(14-17)26(24,25)22-18-9-7-8-15(2)13-18/h7-11,13-14,22H,4-6,12H2,1-3H3,(H,21,23). The van der Waals surface area contributed by atoms with Crippen LogP contribution in [0.5, 0.6) is 0 Å². The average molecular weight is 375 g/mol. The third kappa shape index (κ3) is 5.33. The van der Waals surface area contributed by atoms with Gasteiger partial charge >= 0.3 is 0 Å². The van der Waals surface area contributed by atoms with Crippen LogP contribution >= 0.6 is 0 Å². The first-order chi connectivity index (χ1) is 12.3. The summed E-state index contributed by atoms with van der Waals surface area (Å²) in [5.41, 5.74) is 2.39. The first-order valence-electron chi connectivity index (χ1n) is 8.82. The van der Waals surface area contributed by atoms with Gasteiger partial charge in [0.2, 0.25) is 0 Å². The quantitative estimate of drug-likeness (QED) is 0.685. The number of amides is 1. The number of nitrogens with one attached hydrogen (secondary N) is 2. The fourth-order valence-corrected chi connectivity index (χ4v) is 3.95. The van der Waals surface area contributed by atoms with Gasteiger partial charge in [-0.15, -0.1) is 0 Å². The van der Waals surface area contributed by atoms with Crippen LogP contribution in [0.2, 0.25) is 0 Å². The van der Waals surface area contributed by atoms with Gasteiger partial charge in [-0.2, -0.15) is 0 Å². The molecule has 1 amide bonds. The largest absolute Gasteiger partial charge is 0.352 e. The molecule has 0 aliphatic heterocycles. The van der Waals surface area contributed by atoms with Crippen molar-refractivity contribution < 1.29 is 13.2 Å². The molecule has 26 heavy (non-hydrogen) atoms. The van der Waals surface area contributed by atoms with Gasteiger partial charge < -0.3 is 5.32 Å². The Morgan fingerprint density at radius 1 is 1.04 bits per heavy atom. The minimum absolute atomic E-state index is 0.111. The van der Waals surface area contributed by atoms with E-state index in [2.05, 4.69) is 17.0 Å². The maximum absolute atomic E-state index is 12.8. The summed E-state index contributed by atoms with van der Waals surface area (Å²) in [6.07, 6.45) is 3.04. The Kier molecular flexibility index (Phi) is 6.80. The Hall–Kier alpha value is -2.34. The molecular formula is C20H26N2O3S. The SMILES string of the molecule is CCCCCNC(=O)c1ccc(C)c(S(=O)(=O)Nc2cccc(C)c2)c1. The Bertz CT molecular complexity index is 876. The molecule has 0 heterocycles. The van der Waals surface area contributed by atoms with Gasteiger partial charge in [-0.05, 0) is 55.7 Å². The lowest BCUT2D eigenvalue weighted by Crippen LogP contribution is -2.25. The summed E-state index contributed by atoms with van der Waals surface area (Å²) in [7, 11) is -3.78. The van der Waals surface area contributed by atoms with E-state index in [9.17, 15) is 13.2 Å². The Morgan fingerprint density at radius 2 is 1.81 bits per heavy atom. The molecule has 2 N–H and O–H groups in total. The van der Waals surface area contributed by atoms with Gasteiger partial charge in [-0.25, -0.2) is 8.42 Å². The maximum atomic E-state index is 12.8. The second-order valence-corrected chi connectivity index (χ2v) is 8.07. The van der Waals surface area contributed by atoms with Gasteiger partial charge in [-0.3, -0.25) is 9.52 Å². The molecule has 2 rings (SSSR count). The molecule has 0 aromatic heterocycles. The van der Waals surface area contributed by atoms with Gasteiger partial charge in [0.05, 0.1) is 4.90 Å². The Balaban J connectivity index is 2.21. The van der Waals surface area contributed by atoms with Crippen LogP contribution in [0.1, 0.15) is 47.7 Å². The summed E-state index contributed by atoms with van der Waals surface area (Å²) >= 11 is 0. The maximum Gasteiger partial charge on any atom is 0.262 e. The monoisotopic (exact) mass is 374 g/mol. The average Bonchev–Trinajstić information content (AvgIpc) is 2.58. The lowest BCUT2D eigenvalue weighted by molar-refractivity contribution is 0.0952. The van der Waals surface area contributed by atoms with Crippen molar-refractivity contribution in [3.8, 4) is 0 Å². The van der Waals surface area contributed by atoms with Crippen molar-refractivity contribution in [1.82, 2.24) is 5.32 Å². The van der Waals surface area contributed by atoms with Crippen molar-refractivity contribution >= 4 is 21.6 Å². The highest BCUT2D eigenvalue weighted by Crippen LogP contribution is 2.21. The Morgan fingerprint density at radius 3 is 2.50 bits per heavy atom. The predicted molar refractivity (Wildman–Crippen MR) is 105 cm³/mol. The third-order valence-electron chi connectivity index (χ3n) is 4.08. The molecule has 0 spiro atoms. The van der Waals surface area contributed by atoms with E-state index in [-0.39, 0.29) is 10.8 Å². The number of benzene rings is 2. The summed E-state index contributed by atoms with van der Waals surface area (Å²) in [5.74, 6) is -0.256. The van der Waals surface area contributed by atoms with Crippen molar-refractivity contribution in [2.24, 2.45) is 0 Å². The van der Waals surface area contributed by atoms with Crippen LogP contribution < -0.4 is 10.0 Å². The molecule has 0 fully saturated rings. The number of unbranched alkanes of at least 4 members (excludes halogenated alkanes) is 2. The van der Waals surface area contributed by atoms with E-state index in [4.69, 9.17) is 0 Å². The molecule has 140 valence electrons. The molecule has 0 bridgehead atoms. The normalized spacial score (nSPS) is 11.2. The van der Waals surface area contributed by atoms with Crippen molar-refractivity contribution in [3.63, 3.8) is 0 Å². The zero-order chi connectivity index (χ0) is 19.2. The van der Waals surface area contributed by atoms with Gasteiger partial charge in [0.1, 0.15) is 0 Å². The van der Waals surface area contributed by atoms with E-state index in [0.29, 0.717) is 23.4 Å². The van der Waals surface area contributed by atoms with Crippen LogP contribution in [-0.2, 0) is 10.0 Å². The van der Waals surface area contributed by atoms with E-state index < -0.39 is 10.0 Å². The molecule has 2 aromatic carbocycles. The minimum atomic E-state index is -3.78. The van der Waals surface area contributed by atoms with Gasteiger partial charge in [0.25, 0.3) is 15.9 Å². The van der Waals surface area contributed by atoms with Gasteiger partial charge in [0, 0.05) is 17.8 Å². The molecule has 0 aliphatic rings. The van der Waals surface area contributed by atoms with Crippen LogP contribution in [0.15, 0.2) is 47.4 Å². The molecule has 2 aromatic rings. The molecule has 0 aliphatic carbocycles. The first kappa shape index (κ1) is 20.0. The smallest absolute Gasteiger partial charge is 0.262 e. The molecule has 6 heteroatoms. The van der Waals surface area contributed by atoms with Gasteiger partial charge in [0.15, 0.2) is 0 Å². The number of aryl methyl sites for hydroxylation is 2. The molecule has 0 saturated carbocycles. The molecular weight excluding hydrogens is 348 g/mol. The molecule has 0 atom stereocenters. The van der Waals surface area contributed by atoms with Crippen LogP contribution in [0.3, 0.4) is 0 Å². The predicted octanol–water partition coefficient (Wildman–Crippen LogP) is 4.02. The second-order valence-electron chi connectivity index (χ2n) is 6.42. The van der Waals surface area contributed by atoms with E-state index in [1.165, 1.54) is 6.07 Å². The fourth-order valence-electron chi connectivity index (χ4n) is 2.63. The molecule has 5 nitrogen and oxygen atoms in total. The van der Waals surface area contributed by atoms with E-state index in [0.717, 1.165) is 24.8 Å². The van der Waals surface area contributed by atoms with Crippen LogP contribution in [0.25, 0.3) is 0 Å². The van der Waals surface area contributed by atoms with Crippen molar-refractivity contribution in [1.29, 1.82) is 0 Å². The second kappa shape index (κ2) is 8.85. The molecule has 0 unspecified atom stereocenters. The van der Waals surface area contributed by atoms with E-state index in [1.807, 2.05) is 13.0 Å². The summed E-state index contributed by atoms with van der Waals surface area (Å²) in [6.45, 7) is 6.30. The number of hydrogen-bond acceptors (Lipinski definition) is 3. The third-order valence-corrected chi connectivity index (χ3v) is 5.60. The number of hydrogen-bond donors (Lipinski definition) is 2. The number of sulfonamides is 1. The lowest BCUT2D eigenvalue weighted by atomic mass is 10.1. The van der Waals surface area contributed by atoms with E-state index >= 15 is 0 Å².